The second-order valence-corrected chi connectivity index (χ2v) is 4.20. The summed E-state index contributed by atoms with van der Waals surface area (Å²) >= 11 is 8.95. The van der Waals surface area contributed by atoms with Gasteiger partial charge in [-0.05, 0) is 45.9 Å². The Hall–Kier alpha value is -0.150. The van der Waals surface area contributed by atoms with Crippen molar-refractivity contribution < 1.29 is 0 Å². The first-order valence-corrected chi connectivity index (χ1v) is 4.94. The Labute approximate surface area is 85.5 Å². The third kappa shape index (κ3) is 3.07. The number of aromatic nitrogens is 2. The van der Waals surface area contributed by atoms with Crippen molar-refractivity contribution in [2.45, 2.75) is 20.3 Å². The molecule has 1 heterocycles. The average molecular weight is 250 g/mol. The molecule has 0 saturated carbocycles. The molecule has 1 rings (SSSR count). The van der Waals surface area contributed by atoms with Gasteiger partial charge in [-0.3, -0.25) is 0 Å². The molecule has 0 aromatic carbocycles. The summed E-state index contributed by atoms with van der Waals surface area (Å²) in [4.78, 5) is 8.01. The van der Waals surface area contributed by atoms with Crippen LogP contribution in [-0.4, -0.2) is 9.97 Å². The van der Waals surface area contributed by atoms with Crippen LogP contribution in [0.5, 0.6) is 0 Å². The minimum absolute atomic E-state index is 0.306. The summed E-state index contributed by atoms with van der Waals surface area (Å²) in [5, 5.41) is 0.306. The first kappa shape index (κ1) is 9.93. The first-order valence-electron chi connectivity index (χ1n) is 3.77. The molecule has 0 radical (unpaired) electrons. The minimum atomic E-state index is 0.306. The maximum Gasteiger partial charge on any atom is 0.223 e. The number of rotatable bonds is 2. The molecule has 66 valence electrons. The SMILES string of the molecule is CC(C)Cc1cc(Br)nc(Cl)n1. The molecule has 0 N–H and O–H groups in total. The van der Waals surface area contributed by atoms with E-state index in [-0.39, 0.29) is 0 Å². The monoisotopic (exact) mass is 248 g/mol. The molecule has 0 unspecified atom stereocenters. The summed E-state index contributed by atoms with van der Waals surface area (Å²) in [6.45, 7) is 4.29. The van der Waals surface area contributed by atoms with Crippen molar-refractivity contribution in [2.24, 2.45) is 5.92 Å². The zero-order chi connectivity index (χ0) is 9.14. The zero-order valence-electron chi connectivity index (χ0n) is 7.01. The highest BCUT2D eigenvalue weighted by Gasteiger charge is 2.02. The maximum absolute atomic E-state index is 5.68. The maximum atomic E-state index is 5.68. The van der Waals surface area contributed by atoms with Gasteiger partial charge in [0.05, 0.1) is 0 Å². The lowest BCUT2D eigenvalue weighted by Gasteiger charge is -2.03. The highest BCUT2D eigenvalue weighted by atomic mass is 79.9. The molecule has 0 fully saturated rings. The van der Waals surface area contributed by atoms with E-state index in [1.807, 2.05) is 6.07 Å². The highest BCUT2D eigenvalue weighted by molar-refractivity contribution is 9.10. The molecule has 0 bridgehead atoms. The van der Waals surface area contributed by atoms with Crippen LogP contribution in [0.15, 0.2) is 10.7 Å². The van der Waals surface area contributed by atoms with Gasteiger partial charge in [0, 0.05) is 5.69 Å². The van der Waals surface area contributed by atoms with Crippen molar-refractivity contribution in [1.82, 2.24) is 9.97 Å². The Kier molecular flexibility index (Phi) is 3.47. The second-order valence-electron chi connectivity index (χ2n) is 3.05. The number of hydrogen-bond acceptors (Lipinski definition) is 2. The fraction of sp³-hybridized carbons (Fsp3) is 0.500. The molecule has 0 saturated heterocycles. The molecule has 0 atom stereocenters. The lowest BCUT2D eigenvalue weighted by molar-refractivity contribution is 0.633. The molecular formula is C8H10BrClN2. The van der Waals surface area contributed by atoms with Gasteiger partial charge in [-0.15, -0.1) is 0 Å². The minimum Gasteiger partial charge on any atom is -0.223 e. The molecule has 0 aliphatic heterocycles. The van der Waals surface area contributed by atoms with E-state index in [4.69, 9.17) is 11.6 Å². The summed E-state index contributed by atoms with van der Waals surface area (Å²) in [6, 6.07) is 1.89. The van der Waals surface area contributed by atoms with Crippen molar-refractivity contribution in [2.75, 3.05) is 0 Å². The molecule has 1 aromatic rings. The smallest absolute Gasteiger partial charge is 0.223 e. The van der Waals surface area contributed by atoms with E-state index < -0.39 is 0 Å². The van der Waals surface area contributed by atoms with E-state index in [1.165, 1.54) is 0 Å². The van der Waals surface area contributed by atoms with Crippen molar-refractivity contribution >= 4 is 27.5 Å². The summed E-state index contributed by atoms with van der Waals surface area (Å²) in [7, 11) is 0. The third-order valence-corrected chi connectivity index (χ3v) is 1.91. The van der Waals surface area contributed by atoms with Gasteiger partial charge in [0.1, 0.15) is 4.60 Å². The van der Waals surface area contributed by atoms with E-state index >= 15 is 0 Å². The molecule has 1 aromatic heterocycles. The lowest BCUT2D eigenvalue weighted by Crippen LogP contribution is -1.98. The standard InChI is InChI=1S/C8H10BrClN2/c1-5(2)3-6-4-7(9)12-8(10)11-6/h4-5H,3H2,1-2H3. The van der Waals surface area contributed by atoms with Gasteiger partial charge in [0.2, 0.25) is 5.28 Å². The molecule has 4 heteroatoms. The van der Waals surface area contributed by atoms with Gasteiger partial charge in [-0.2, -0.15) is 0 Å². The molecule has 2 nitrogen and oxygen atoms in total. The Morgan fingerprint density at radius 1 is 1.50 bits per heavy atom. The summed E-state index contributed by atoms with van der Waals surface area (Å²) in [5.74, 6) is 0.586. The van der Waals surface area contributed by atoms with Crippen molar-refractivity contribution in [3.63, 3.8) is 0 Å². The van der Waals surface area contributed by atoms with Crippen molar-refractivity contribution in [3.8, 4) is 0 Å². The second kappa shape index (κ2) is 4.19. The van der Waals surface area contributed by atoms with Crippen LogP contribution in [0.1, 0.15) is 19.5 Å². The number of nitrogens with zero attached hydrogens (tertiary/aromatic N) is 2. The van der Waals surface area contributed by atoms with Crippen molar-refractivity contribution in [3.05, 3.63) is 21.6 Å². The average Bonchev–Trinajstić information content (AvgIpc) is 1.81. The van der Waals surface area contributed by atoms with Gasteiger partial charge >= 0.3 is 0 Å². The fourth-order valence-corrected chi connectivity index (χ4v) is 1.69. The van der Waals surface area contributed by atoms with Gasteiger partial charge in [0.15, 0.2) is 0 Å². The predicted octanol–water partition coefficient (Wildman–Crippen LogP) is 3.09. The molecular weight excluding hydrogens is 239 g/mol. The lowest BCUT2D eigenvalue weighted by atomic mass is 10.1. The normalized spacial score (nSPS) is 10.8. The number of halogens is 2. The Balaban J connectivity index is 2.85. The third-order valence-electron chi connectivity index (χ3n) is 1.34. The van der Waals surface area contributed by atoms with E-state index in [1.54, 1.807) is 0 Å². The molecule has 0 spiro atoms. The van der Waals surface area contributed by atoms with Gasteiger partial charge in [0.25, 0.3) is 0 Å². The predicted molar refractivity (Wildman–Crippen MR) is 53.3 cm³/mol. The van der Waals surface area contributed by atoms with Crippen LogP contribution >= 0.6 is 27.5 Å². The van der Waals surface area contributed by atoms with Crippen LogP contribution in [0.2, 0.25) is 5.28 Å². The van der Waals surface area contributed by atoms with Gasteiger partial charge < -0.3 is 0 Å². The Bertz CT molecular complexity index is 256. The van der Waals surface area contributed by atoms with Crippen molar-refractivity contribution in [1.29, 1.82) is 0 Å². The van der Waals surface area contributed by atoms with Gasteiger partial charge in [-0.25, -0.2) is 9.97 Å². The number of hydrogen-bond donors (Lipinski definition) is 0. The summed E-state index contributed by atoms with van der Waals surface area (Å²) in [5.41, 5.74) is 0.983. The van der Waals surface area contributed by atoms with Crippen LogP contribution in [0.25, 0.3) is 0 Å². The molecule has 0 aliphatic rings. The largest absolute Gasteiger partial charge is 0.223 e. The molecule has 12 heavy (non-hydrogen) atoms. The summed E-state index contributed by atoms with van der Waals surface area (Å²) in [6.07, 6.45) is 0.931. The zero-order valence-corrected chi connectivity index (χ0v) is 9.35. The van der Waals surface area contributed by atoms with E-state index in [0.717, 1.165) is 16.7 Å². The Morgan fingerprint density at radius 2 is 2.17 bits per heavy atom. The molecule has 0 amide bonds. The van der Waals surface area contributed by atoms with E-state index in [0.29, 0.717) is 11.2 Å². The van der Waals surface area contributed by atoms with Crippen LogP contribution in [0, 0.1) is 5.92 Å². The van der Waals surface area contributed by atoms with Gasteiger partial charge in [-0.1, -0.05) is 13.8 Å². The van der Waals surface area contributed by atoms with Crippen LogP contribution < -0.4 is 0 Å². The van der Waals surface area contributed by atoms with Crippen LogP contribution in [-0.2, 0) is 6.42 Å². The summed E-state index contributed by atoms with van der Waals surface area (Å²) < 4.78 is 0.748. The quantitative estimate of drug-likeness (QED) is 0.595. The fourth-order valence-electron chi connectivity index (χ4n) is 0.957. The van der Waals surface area contributed by atoms with E-state index in [2.05, 4.69) is 39.7 Å². The van der Waals surface area contributed by atoms with Crippen LogP contribution in [0.3, 0.4) is 0 Å². The molecule has 0 aliphatic carbocycles. The topological polar surface area (TPSA) is 25.8 Å². The highest BCUT2D eigenvalue weighted by Crippen LogP contribution is 2.13. The first-order chi connectivity index (χ1) is 5.58. The van der Waals surface area contributed by atoms with Crippen LogP contribution in [0.4, 0.5) is 0 Å². The van der Waals surface area contributed by atoms with E-state index in [9.17, 15) is 0 Å². The Morgan fingerprint density at radius 3 is 2.67 bits per heavy atom.